The molecular weight excluding hydrogens is 412 g/mol. The van der Waals surface area contributed by atoms with Crippen LogP contribution < -0.4 is 9.80 Å². The van der Waals surface area contributed by atoms with Gasteiger partial charge in [-0.2, -0.15) is 0 Å². The molecule has 0 N–H and O–H groups in total. The molecule has 4 aliphatic rings. The van der Waals surface area contributed by atoms with Gasteiger partial charge in [0.1, 0.15) is 0 Å². The van der Waals surface area contributed by atoms with Crippen molar-refractivity contribution in [3.63, 3.8) is 0 Å². The zero-order valence-corrected chi connectivity index (χ0v) is 20.8. The number of benzene rings is 1. The van der Waals surface area contributed by atoms with E-state index in [2.05, 4.69) is 25.1 Å². The number of fused-ring (bicyclic) bond motifs is 1. The van der Waals surface area contributed by atoms with Gasteiger partial charge >= 0.3 is 6.09 Å². The van der Waals surface area contributed by atoms with Crippen molar-refractivity contribution in [3.8, 4) is 0 Å². The monoisotopic (exact) mass is 452 g/mol. The van der Waals surface area contributed by atoms with Crippen molar-refractivity contribution < 1.29 is 14.3 Å². The van der Waals surface area contributed by atoms with E-state index in [4.69, 9.17) is 4.74 Å². The Bertz CT molecular complexity index is 904. The van der Waals surface area contributed by atoms with Gasteiger partial charge < -0.3 is 9.64 Å². The summed E-state index contributed by atoms with van der Waals surface area (Å²) in [7, 11) is 0. The number of amides is 2. The molecule has 4 atom stereocenters. The Labute approximate surface area is 198 Å². The summed E-state index contributed by atoms with van der Waals surface area (Å²) in [6, 6.07) is 6.44. The number of carbonyl (C=O) groups is 2. The molecule has 0 aromatic heterocycles. The normalized spacial score (nSPS) is 29.7. The first-order chi connectivity index (χ1) is 15.8. The Hall–Kier alpha value is -2.04. The maximum Gasteiger partial charge on any atom is 0.414 e. The van der Waals surface area contributed by atoms with Crippen LogP contribution in [0.2, 0.25) is 0 Å². The van der Waals surface area contributed by atoms with E-state index in [-0.39, 0.29) is 30.1 Å². The Morgan fingerprint density at radius 1 is 1.03 bits per heavy atom. The molecule has 1 aliphatic heterocycles. The van der Waals surface area contributed by atoms with Crippen LogP contribution in [0.25, 0.3) is 0 Å². The van der Waals surface area contributed by atoms with Crippen LogP contribution >= 0.6 is 0 Å². The van der Waals surface area contributed by atoms with Crippen molar-refractivity contribution in [2.75, 3.05) is 16.3 Å². The molecule has 1 aromatic carbocycles. The van der Waals surface area contributed by atoms with Gasteiger partial charge in [0.15, 0.2) is 0 Å². The number of rotatable bonds is 5. The fourth-order valence-electron chi connectivity index (χ4n) is 6.09. The molecule has 3 aliphatic carbocycles. The molecule has 0 bridgehead atoms. The Morgan fingerprint density at radius 2 is 1.79 bits per heavy atom. The number of anilines is 2. The Kier molecular flexibility index (Phi) is 6.17. The zero-order valence-electron chi connectivity index (χ0n) is 20.8. The van der Waals surface area contributed by atoms with Crippen LogP contribution in [0.1, 0.15) is 90.5 Å². The van der Waals surface area contributed by atoms with Gasteiger partial charge in [-0.1, -0.05) is 25.8 Å². The van der Waals surface area contributed by atoms with Crippen molar-refractivity contribution in [1.82, 2.24) is 0 Å². The van der Waals surface area contributed by atoms with Gasteiger partial charge in [0.2, 0.25) is 5.91 Å². The molecule has 3 saturated carbocycles. The van der Waals surface area contributed by atoms with Crippen LogP contribution in [-0.2, 0) is 9.53 Å². The minimum absolute atomic E-state index is 0.0611. The van der Waals surface area contributed by atoms with E-state index in [9.17, 15) is 9.59 Å². The van der Waals surface area contributed by atoms with E-state index >= 15 is 0 Å². The molecule has 5 nitrogen and oxygen atoms in total. The zero-order chi connectivity index (χ0) is 23.3. The molecule has 5 rings (SSSR count). The summed E-state index contributed by atoms with van der Waals surface area (Å²) in [4.78, 5) is 29.9. The lowest BCUT2D eigenvalue weighted by Crippen LogP contribution is -2.52. The van der Waals surface area contributed by atoms with Gasteiger partial charge in [-0.25, -0.2) is 4.79 Å². The second kappa shape index (κ2) is 8.96. The molecule has 2 amide bonds. The van der Waals surface area contributed by atoms with E-state index in [1.54, 1.807) is 4.90 Å². The van der Waals surface area contributed by atoms with E-state index in [0.717, 1.165) is 42.0 Å². The van der Waals surface area contributed by atoms with Crippen molar-refractivity contribution in [3.05, 3.63) is 23.8 Å². The minimum Gasteiger partial charge on any atom is -0.446 e. The van der Waals surface area contributed by atoms with Crippen LogP contribution in [0, 0.1) is 23.7 Å². The summed E-state index contributed by atoms with van der Waals surface area (Å²) in [5.41, 5.74) is 3.02. The highest BCUT2D eigenvalue weighted by Gasteiger charge is 2.42. The highest BCUT2D eigenvalue weighted by atomic mass is 16.6. The third-order valence-electron chi connectivity index (χ3n) is 8.31. The number of nitrogens with zero attached hydrogens (tertiary/aromatic N) is 2. The Morgan fingerprint density at radius 3 is 2.42 bits per heavy atom. The number of carbonyl (C=O) groups excluding carboxylic acids is 2. The van der Waals surface area contributed by atoms with Gasteiger partial charge in [-0.05, 0) is 101 Å². The lowest BCUT2D eigenvalue weighted by molar-refractivity contribution is -0.120. The first-order valence-electron chi connectivity index (χ1n) is 13.3. The molecule has 3 unspecified atom stereocenters. The van der Waals surface area contributed by atoms with E-state index < -0.39 is 0 Å². The molecule has 0 saturated heterocycles. The summed E-state index contributed by atoms with van der Waals surface area (Å²) in [5, 5.41) is 0. The maximum atomic E-state index is 13.1. The summed E-state index contributed by atoms with van der Waals surface area (Å²) in [6.07, 6.45) is 9.52. The van der Waals surface area contributed by atoms with Gasteiger partial charge in [-0.3, -0.25) is 9.69 Å². The second-order valence-electron chi connectivity index (χ2n) is 11.5. The lowest BCUT2D eigenvalue weighted by atomic mass is 9.71. The number of hydrogen-bond donors (Lipinski definition) is 0. The first-order valence-corrected chi connectivity index (χ1v) is 13.3. The van der Waals surface area contributed by atoms with E-state index in [0.29, 0.717) is 12.5 Å². The summed E-state index contributed by atoms with van der Waals surface area (Å²) in [5.74, 6) is 3.50. The van der Waals surface area contributed by atoms with Gasteiger partial charge in [0.05, 0.1) is 23.5 Å². The fourth-order valence-corrected chi connectivity index (χ4v) is 6.09. The van der Waals surface area contributed by atoms with Crippen molar-refractivity contribution in [2.45, 2.75) is 97.1 Å². The number of hydrogen-bond acceptors (Lipinski definition) is 3. The Balaban J connectivity index is 1.42. The van der Waals surface area contributed by atoms with E-state index in [1.165, 1.54) is 44.1 Å². The number of ether oxygens (including phenoxy) is 1. The minimum atomic E-state index is -0.310. The average molecular weight is 453 g/mol. The molecule has 33 heavy (non-hydrogen) atoms. The average Bonchev–Trinajstić information content (AvgIpc) is 3.67. The maximum absolute atomic E-state index is 13.1. The summed E-state index contributed by atoms with van der Waals surface area (Å²) >= 11 is 0. The predicted molar refractivity (Wildman–Crippen MR) is 132 cm³/mol. The third kappa shape index (κ3) is 4.79. The fraction of sp³-hybridized carbons (Fsp3) is 0.714. The van der Waals surface area contributed by atoms with Crippen molar-refractivity contribution in [1.29, 1.82) is 0 Å². The van der Waals surface area contributed by atoms with Gasteiger partial charge in [-0.15, -0.1) is 0 Å². The van der Waals surface area contributed by atoms with Crippen LogP contribution in [0.5, 0.6) is 0 Å². The largest absolute Gasteiger partial charge is 0.446 e. The molecule has 180 valence electrons. The lowest BCUT2D eigenvalue weighted by Gasteiger charge is -2.42. The summed E-state index contributed by atoms with van der Waals surface area (Å²) in [6.45, 7) is 8.71. The van der Waals surface area contributed by atoms with E-state index in [1.807, 2.05) is 25.7 Å². The molecule has 0 spiro atoms. The smallest absolute Gasteiger partial charge is 0.414 e. The quantitative estimate of drug-likeness (QED) is 0.512. The first kappa shape index (κ1) is 22.7. The summed E-state index contributed by atoms with van der Waals surface area (Å²) < 4.78 is 5.59. The SMILES string of the molecule is CC(C)OC(=O)N1C[C@H](C)N(C(=O)C2CC2)c2ccc(C3CCC(CC4CC4)C(C)C3)cc21. The molecule has 0 radical (unpaired) electrons. The topological polar surface area (TPSA) is 49.9 Å². The van der Waals surface area contributed by atoms with Gasteiger partial charge in [0, 0.05) is 12.5 Å². The van der Waals surface area contributed by atoms with Crippen molar-refractivity contribution >= 4 is 23.4 Å². The standard InChI is InChI=1S/C28H40N2O3/c1-17(2)33-28(32)29-16-19(4)30(27(31)21-7-8-21)25-12-11-24(15-26(25)29)23-10-9-22(18(3)13-23)14-20-5-6-20/h11-12,15,17-23H,5-10,13-14,16H2,1-4H3/t18?,19-,22?,23?/m0/s1. The predicted octanol–water partition coefficient (Wildman–Crippen LogP) is 6.50. The van der Waals surface area contributed by atoms with Crippen LogP contribution in [0.4, 0.5) is 16.2 Å². The second-order valence-corrected chi connectivity index (χ2v) is 11.5. The van der Waals surface area contributed by atoms with Crippen molar-refractivity contribution in [2.24, 2.45) is 23.7 Å². The molecule has 5 heteroatoms. The highest BCUT2D eigenvalue weighted by Crippen LogP contribution is 2.48. The third-order valence-corrected chi connectivity index (χ3v) is 8.31. The highest BCUT2D eigenvalue weighted by molar-refractivity contribution is 6.04. The molecule has 1 heterocycles. The molecule has 1 aromatic rings. The molecule has 3 fully saturated rings. The van der Waals surface area contributed by atoms with Crippen LogP contribution in [0.15, 0.2) is 18.2 Å². The van der Waals surface area contributed by atoms with Crippen LogP contribution in [0.3, 0.4) is 0 Å². The van der Waals surface area contributed by atoms with Gasteiger partial charge in [0.25, 0.3) is 0 Å². The van der Waals surface area contributed by atoms with Crippen LogP contribution in [-0.4, -0.2) is 30.7 Å². The molecular formula is C28H40N2O3.